The molecule has 1 unspecified atom stereocenters. The van der Waals surface area contributed by atoms with Crippen LogP contribution in [0.5, 0.6) is 5.75 Å². The first kappa shape index (κ1) is 23.9. The van der Waals surface area contributed by atoms with Gasteiger partial charge in [-0.3, -0.25) is 4.79 Å². The highest BCUT2D eigenvalue weighted by molar-refractivity contribution is 7.99. The van der Waals surface area contributed by atoms with Crippen molar-refractivity contribution in [2.45, 2.75) is 57.8 Å². The second kappa shape index (κ2) is 11.7. The molecule has 0 saturated heterocycles. The fourth-order valence-corrected chi connectivity index (χ4v) is 4.20. The Balaban J connectivity index is 1.52. The van der Waals surface area contributed by atoms with Crippen LogP contribution in [0.3, 0.4) is 0 Å². The molecule has 0 bridgehead atoms. The predicted molar refractivity (Wildman–Crippen MR) is 129 cm³/mol. The number of hydrogen-bond acceptors (Lipinski definition) is 5. The van der Waals surface area contributed by atoms with Crippen LogP contribution >= 0.6 is 11.8 Å². The van der Waals surface area contributed by atoms with Crippen LogP contribution in [0, 0.1) is 0 Å². The smallest absolute Gasteiger partial charge is 0.230 e. The van der Waals surface area contributed by atoms with Crippen LogP contribution in [0.4, 0.5) is 0 Å². The number of carbonyl (C=O) groups is 1. The molecular weight excluding hydrogens is 420 g/mol. The van der Waals surface area contributed by atoms with Gasteiger partial charge in [0.1, 0.15) is 5.75 Å². The molecule has 2 aromatic carbocycles. The van der Waals surface area contributed by atoms with Crippen molar-refractivity contribution in [2.75, 3.05) is 12.3 Å². The molecule has 1 aromatic heterocycles. The SMILES string of the molecule is CCn1c(SCC(=O)NCCc2ccccc2)nnc1C(C)Oc1ccc(C(C)C)cc1. The lowest BCUT2D eigenvalue weighted by atomic mass is 10.0. The van der Waals surface area contributed by atoms with Gasteiger partial charge in [0.05, 0.1) is 5.75 Å². The summed E-state index contributed by atoms with van der Waals surface area (Å²) in [7, 11) is 0. The number of thioether (sulfide) groups is 1. The van der Waals surface area contributed by atoms with E-state index in [1.54, 1.807) is 0 Å². The van der Waals surface area contributed by atoms with Crippen LogP contribution in [0.1, 0.15) is 56.7 Å². The lowest BCUT2D eigenvalue weighted by Crippen LogP contribution is -2.27. The van der Waals surface area contributed by atoms with Crippen molar-refractivity contribution in [3.8, 4) is 5.75 Å². The molecule has 0 aliphatic carbocycles. The first-order valence-electron chi connectivity index (χ1n) is 11.1. The molecule has 1 atom stereocenters. The normalized spacial score (nSPS) is 12.0. The molecule has 1 amide bonds. The Morgan fingerprint density at radius 1 is 1.06 bits per heavy atom. The Hall–Kier alpha value is -2.80. The zero-order valence-electron chi connectivity index (χ0n) is 19.2. The summed E-state index contributed by atoms with van der Waals surface area (Å²) in [6.45, 7) is 9.68. The summed E-state index contributed by atoms with van der Waals surface area (Å²) < 4.78 is 8.11. The lowest BCUT2D eigenvalue weighted by molar-refractivity contribution is -0.118. The number of rotatable bonds is 11. The van der Waals surface area contributed by atoms with Gasteiger partial charge < -0.3 is 14.6 Å². The maximum Gasteiger partial charge on any atom is 0.230 e. The third kappa shape index (κ3) is 6.60. The highest BCUT2D eigenvalue weighted by Gasteiger charge is 2.19. The predicted octanol–water partition coefficient (Wildman–Crippen LogP) is 5.01. The van der Waals surface area contributed by atoms with Gasteiger partial charge in [0.25, 0.3) is 0 Å². The van der Waals surface area contributed by atoms with Gasteiger partial charge in [-0.25, -0.2) is 0 Å². The number of benzene rings is 2. The molecule has 0 aliphatic rings. The molecule has 0 radical (unpaired) electrons. The summed E-state index contributed by atoms with van der Waals surface area (Å²) in [6, 6.07) is 18.3. The van der Waals surface area contributed by atoms with Crippen LogP contribution in [0.25, 0.3) is 0 Å². The number of amides is 1. The molecule has 0 saturated carbocycles. The summed E-state index contributed by atoms with van der Waals surface area (Å²) in [5.41, 5.74) is 2.49. The van der Waals surface area contributed by atoms with Crippen LogP contribution in [-0.2, 0) is 17.8 Å². The summed E-state index contributed by atoms with van der Waals surface area (Å²) in [5, 5.41) is 12.3. The van der Waals surface area contributed by atoms with Gasteiger partial charge >= 0.3 is 0 Å². The summed E-state index contributed by atoms with van der Waals surface area (Å²) in [4.78, 5) is 12.2. The van der Waals surface area contributed by atoms with E-state index in [2.05, 4.69) is 53.6 Å². The Morgan fingerprint density at radius 3 is 2.44 bits per heavy atom. The molecule has 3 aromatic rings. The first-order valence-corrected chi connectivity index (χ1v) is 12.1. The molecule has 3 rings (SSSR count). The molecule has 1 N–H and O–H groups in total. The summed E-state index contributed by atoms with van der Waals surface area (Å²) in [5.74, 6) is 2.35. The number of ether oxygens (including phenoxy) is 1. The molecule has 32 heavy (non-hydrogen) atoms. The minimum absolute atomic E-state index is 0.00678. The van der Waals surface area contributed by atoms with E-state index in [1.807, 2.05) is 48.7 Å². The summed E-state index contributed by atoms with van der Waals surface area (Å²) >= 11 is 1.40. The minimum Gasteiger partial charge on any atom is -0.483 e. The molecule has 0 aliphatic heterocycles. The molecule has 0 fully saturated rings. The van der Waals surface area contributed by atoms with Gasteiger partial charge in [-0.1, -0.05) is 68.1 Å². The van der Waals surface area contributed by atoms with Gasteiger partial charge in [0, 0.05) is 13.1 Å². The highest BCUT2D eigenvalue weighted by Crippen LogP contribution is 2.26. The van der Waals surface area contributed by atoms with E-state index in [-0.39, 0.29) is 12.0 Å². The van der Waals surface area contributed by atoms with Crippen molar-refractivity contribution < 1.29 is 9.53 Å². The molecule has 170 valence electrons. The molecule has 1 heterocycles. The van der Waals surface area contributed by atoms with Gasteiger partial charge in [-0.15, -0.1) is 10.2 Å². The van der Waals surface area contributed by atoms with Gasteiger partial charge in [0.2, 0.25) is 5.91 Å². The Labute approximate surface area is 194 Å². The Kier molecular flexibility index (Phi) is 8.73. The molecule has 0 spiro atoms. The topological polar surface area (TPSA) is 69.0 Å². The Bertz CT molecular complexity index is 987. The first-order chi connectivity index (χ1) is 15.5. The average Bonchev–Trinajstić information content (AvgIpc) is 3.22. The summed E-state index contributed by atoms with van der Waals surface area (Å²) in [6.07, 6.45) is 0.570. The van der Waals surface area contributed by atoms with Gasteiger partial charge in [-0.2, -0.15) is 0 Å². The minimum atomic E-state index is -0.249. The van der Waals surface area contributed by atoms with Crippen molar-refractivity contribution in [2.24, 2.45) is 0 Å². The number of hydrogen-bond donors (Lipinski definition) is 1. The van der Waals surface area contributed by atoms with Crippen LogP contribution in [0.2, 0.25) is 0 Å². The van der Waals surface area contributed by atoms with E-state index in [9.17, 15) is 4.79 Å². The standard InChI is InChI=1S/C25H32N4O2S/c1-5-29-24(19(4)31-22-13-11-21(12-14-22)18(2)3)27-28-25(29)32-17-23(30)26-16-15-20-9-7-6-8-10-20/h6-14,18-19H,5,15-17H2,1-4H3,(H,26,30). The Morgan fingerprint density at radius 2 is 1.78 bits per heavy atom. The van der Waals surface area contributed by atoms with E-state index in [0.717, 1.165) is 23.2 Å². The molecule has 6 nitrogen and oxygen atoms in total. The van der Waals surface area contributed by atoms with Crippen molar-refractivity contribution in [3.63, 3.8) is 0 Å². The average molecular weight is 453 g/mol. The number of aromatic nitrogens is 3. The van der Waals surface area contributed by atoms with Crippen LogP contribution in [0.15, 0.2) is 59.8 Å². The van der Waals surface area contributed by atoms with E-state index in [4.69, 9.17) is 4.74 Å². The van der Waals surface area contributed by atoms with Crippen molar-refractivity contribution in [1.82, 2.24) is 20.1 Å². The highest BCUT2D eigenvalue weighted by atomic mass is 32.2. The largest absolute Gasteiger partial charge is 0.483 e. The van der Waals surface area contributed by atoms with Crippen molar-refractivity contribution in [1.29, 1.82) is 0 Å². The third-order valence-electron chi connectivity index (χ3n) is 5.20. The second-order valence-corrected chi connectivity index (χ2v) is 8.89. The van der Waals surface area contributed by atoms with E-state index < -0.39 is 0 Å². The van der Waals surface area contributed by atoms with E-state index in [0.29, 0.717) is 24.8 Å². The number of nitrogens with zero attached hydrogens (tertiary/aromatic N) is 3. The second-order valence-electron chi connectivity index (χ2n) is 7.94. The van der Waals surface area contributed by atoms with Crippen molar-refractivity contribution in [3.05, 3.63) is 71.5 Å². The zero-order valence-corrected chi connectivity index (χ0v) is 20.1. The number of carbonyl (C=O) groups excluding carboxylic acids is 1. The van der Waals surface area contributed by atoms with Crippen LogP contribution in [-0.4, -0.2) is 33.0 Å². The fraction of sp³-hybridized carbons (Fsp3) is 0.400. The third-order valence-corrected chi connectivity index (χ3v) is 6.16. The number of nitrogens with one attached hydrogen (secondary N) is 1. The fourth-order valence-electron chi connectivity index (χ4n) is 3.36. The zero-order chi connectivity index (χ0) is 22.9. The molecular formula is C25H32N4O2S. The van der Waals surface area contributed by atoms with Crippen LogP contribution < -0.4 is 10.1 Å². The van der Waals surface area contributed by atoms with E-state index >= 15 is 0 Å². The van der Waals surface area contributed by atoms with Gasteiger partial charge in [-0.05, 0) is 49.4 Å². The van der Waals surface area contributed by atoms with Crippen molar-refractivity contribution >= 4 is 17.7 Å². The van der Waals surface area contributed by atoms with E-state index in [1.165, 1.54) is 22.9 Å². The quantitative estimate of drug-likeness (QED) is 0.414. The monoisotopic (exact) mass is 452 g/mol. The maximum absolute atomic E-state index is 12.2. The lowest BCUT2D eigenvalue weighted by Gasteiger charge is -2.16. The molecule has 7 heteroatoms. The van der Waals surface area contributed by atoms with Gasteiger partial charge in [0.15, 0.2) is 17.1 Å². The maximum atomic E-state index is 12.2.